The first kappa shape index (κ1) is 11.9. The molecule has 3 nitrogen and oxygen atoms in total. The molecular weight excluding hydrogens is 212 g/mol. The molecule has 17 heavy (non-hydrogen) atoms. The van der Waals surface area contributed by atoms with E-state index in [9.17, 15) is 0 Å². The highest BCUT2D eigenvalue weighted by Crippen LogP contribution is 2.43. The lowest BCUT2D eigenvalue weighted by Gasteiger charge is -2.51. The van der Waals surface area contributed by atoms with Gasteiger partial charge in [-0.2, -0.15) is 0 Å². The fourth-order valence-corrected chi connectivity index (χ4v) is 4.36. The molecule has 0 saturated carbocycles. The molecule has 3 aliphatic rings. The zero-order valence-corrected chi connectivity index (χ0v) is 11.2. The maximum absolute atomic E-state index is 5.55. The minimum Gasteiger partial charge on any atom is -0.381 e. The van der Waals surface area contributed by atoms with Gasteiger partial charge in [-0.05, 0) is 52.5 Å². The Morgan fingerprint density at radius 3 is 2.24 bits per heavy atom. The Hall–Kier alpha value is -0.120. The summed E-state index contributed by atoms with van der Waals surface area (Å²) >= 11 is 0. The molecule has 0 amide bonds. The van der Waals surface area contributed by atoms with Crippen molar-refractivity contribution < 1.29 is 4.74 Å². The molecule has 1 N–H and O–H groups in total. The van der Waals surface area contributed by atoms with E-state index in [0.717, 1.165) is 31.3 Å². The molecule has 3 heteroatoms. The molecule has 3 saturated heterocycles. The summed E-state index contributed by atoms with van der Waals surface area (Å²) < 4.78 is 5.55. The first-order valence-electron chi connectivity index (χ1n) is 7.26. The fourth-order valence-electron chi connectivity index (χ4n) is 4.36. The summed E-state index contributed by atoms with van der Waals surface area (Å²) in [4.78, 5) is 2.88. The molecule has 3 heterocycles. The second kappa shape index (κ2) is 4.52. The summed E-state index contributed by atoms with van der Waals surface area (Å²) in [5, 5.41) is 3.49. The van der Waals surface area contributed by atoms with Gasteiger partial charge in [0, 0.05) is 36.9 Å². The van der Waals surface area contributed by atoms with E-state index in [1.165, 1.54) is 38.5 Å². The van der Waals surface area contributed by atoms with Crippen molar-refractivity contribution in [3.8, 4) is 0 Å². The lowest BCUT2D eigenvalue weighted by atomic mass is 9.84. The van der Waals surface area contributed by atoms with Crippen LogP contribution in [0.25, 0.3) is 0 Å². The second-order valence-electron chi connectivity index (χ2n) is 6.36. The lowest BCUT2D eigenvalue weighted by molar-refractivity contribution is -0.0585. The van der Waals surface area contributed by atoms with Gasteiger partial charge in [-0.15, -0.1) is 0 Å². The van der Waals surface area contributed by atoms with E-state index in [1.807, 2.05) is 0 Å². The van der Waals surface area contributed by atoms with Crippen LogP contribution in [0, 0.1) is 0 Å². The number of fused-ring (bicyclic) bond motifs is 2. The van der Waals surface area contributed by atoms with Gasteiger partial charge in [-0.1, -0.05) is 0 Å². The Labute approximate surface area is 105 Å². The number of hydrogen-bond acceptors (Lipinski definition) is 3. The van der Waals surface area contributed by atoms with Crippen molar-refractivity contribution in [2.75, 3.05) is 20.3 Å². The van der Waals surface area contributed by atoms with E-state index >= 15 is 0 Å². The highest BCUT2D eigenvalue weighted by atomic mass is 16.5. The van der Waals surface area contributed by atoms with Crippen LogP contribution >= 0.6 is 0 Å². The minimum atomic E-state index is 0.419. The molecular formula is C14H26N2O. The van der Waals surface area contributed by atoms with Gasteiger partial charge in [-0.3, -0.25) is 4.90 Å². The van der Waals surface area contributed by atoms with Crippen LogP contribution in [-0.4, -0.2) is 48.8 Å². The van der Waals surface area contributed by atoms with Crippen molar-refractivity contribution in [1.29, 1.82) is 0 Å². The molecule has 0 aromatic heterocycles. The van der Waals surface area contributed by atoms with Gasteiger partial charge in [0.15, 0.2) is 0 Å². The van der Waals surface area contributed by atoms with Gasteiger partial charge >= 0.3 is 0 Å². The van der Waals surface area contributed by atoms with Gasteiger partial charge in [0.1, 0.15) is 0 Å². The van der Waals surface area contributed by atoms with Gasteiger partial charge in [0.25, 0.3) is 0 Å². The van der Waals surface area contributed by atoms with E-state index in [0.29, 0.717) is 5.54 Å². The quantitative estimate of drug-likeness (QED) is 0.793. The summed E-state index contributed by atoms with van der Waals surface area (Å²) in [6, 6.07) is 2.41. The van der Waals surface area contributed by atoms with Crippen LogP contribution < -0.4 is 5.32 Å². The molecule has 2 unspecified atom stereocenters. The zero-order valence-electron chi connectivity index (χ0n) is 11.2. The number of rotatable bonds is 2. The molecule has 0 aromatic rings. The zero-order chi connectivity index (χ0) is 11.9. The predicted molar refractivity (Wildman–Crippen MR) is 69.2 cm³/mol. The van der Waals surface area contributed by atoms with Crippen LogP contribution in [0.15, 0.2) is 0 Å². The maximum atomic E-state index is 5.55. The number of nitrogens with one attached hydrogen (secondary N) is 1. The maximum Gasteiger partial charge on any atom is 0.0483 e. The summed E-state index contributed by atoms with van der Waals surface area (Å²) in [6.45, 7) is 4.39. The molecule has 3 rings (SSSR count). The van der Waals surface area contributed by atoms with Crippen LogP contribution in [0.5, 0.6) is 0 Å². The normalized spacial score (nSPS) is 41.6. The Kier molecular flexibility index (Phi) is 3.18. The first-order valence-corrected chi connectivity index (χ1v) is 7.26. The van der Waals surface area contributed by atoms with E-state index in [1.54, 1.807) is 0 Å². The Balaban J connectivity index is 1.76. The molecule has 3 fully saturated rings. The van der Waals surface area contributed by atoms with Gasteiger partial charge < -0.3 is 10.1 Å². The monoisotopic (exact) mass is 238 g/mol. The minimum absolute atomic E-state index is 0.419. The summed E-state index contributed by atoms with van der Waals surface area (Å²) in [6.07, 6.45) is 7.99. The van der Waals surface area contributed by atoms with Gasteiger partial charge in [-0.25, -0.2) is 0 Å². The van der Waals surface area contributed by atoms with Gasteiger partial charge in [0.2, 0.25) is 0 Å². The molecule has 0 radical (unpaired) electrons. The number of hydrogen-bond donors (Lipinski definition) is 1. The summed E-state index contributed by atoms with van der Waals surface area (Å²) in [5.41, 5.74) is 0.419. The van der Waals surface area contributed by atoms with E-state index < -0.39 is 0 Å². The van der Waals surface area contributed by atoms with Crippen molar-refractivity contribution in [2.24, 2.45) is 0 Å². The molecule has 0 aromatic carbocycles. The van der Waals surface area contributed by atoms with E-state index in [4.69, 9.17) is 4.74 Å². The second-order valence-corrected chi connectivity index (χ2v) is 6.36. The van der Waals surface area contributed by atoms with Crippen LogP contribution in [0.2, 0.25) is 0 Å². The smallest absolute Gasteiger partial charge is 0.0483 e. The molecule has 3 aliphatic heterocycles. The predicted octanol–water partition coefficient (Wildman–Crippen LogP) is 1.77. The molecule has 2 bridgehead atoms. The Bertz CT molecular complexity index is 261. The highest BCUT2D eigenvalue weighted by molar-refractivity contribution is 5.04. The largest absolute Gasteiger partial charge is 0.381 e. The standard InChI is InChI=1S/C14H26N2O/c1-14(5-7-17-8-6-14)16-12-3-4-13(16)10-11(9-12)15-2/h11-13,15H,3-10H2,1-2H3. The third-order valence-electron chi connectivity index (χ3n) is 5.33. The number of piperidine rings is 1. The summed E-state index contributed by atoms with van der Waals surface area (Å²) in [5.74, 6) is 0. The van der Waals surface area contributed by atoms with Crippen LogP contribution in [0.4, 0.5) is 0 Å². The average Bonchev–Trinajstić information content (AvgIpc) is 2.63. The summed E-state index contributed by atoms with van der Waals surface area (Å²) in [7, 11) is 2.12. The van der Waals surface area contributed by atoms with Crippen molar-refractivity contribution in [3.05, 3.63) is 0 Å². The lowest BCUT2D eigenvalue weighted by Crippen LogP contribution is -2.59. The Morgan fingerprint density at radius 2 is 1.71 bits per heavy atom. The molecule has 2 atom stereocenters. The first-order chi connectivity index (χ1) is 8.23. The van der Waals surface area contributed by atoms with Crippen LogP contribution in [0.3, 0.4) is 0 Å². The van der Waals surface area contributed by atoms with Crippen LogP contribution in [-0.2, 0) is 4.74 Å². The average molecular weight is 238 g/mol. The van der Waals surface area contributed by atoms with Crippen molar-refractivity contribution in [3.63, 3.8) is 0 Å². The fraction of sp³-hybridized carbons (Fsp3) is 1.00. The van der Waals surface area contributed by atoms with Crippen molar-refractivity contribution in [2.45, 2.75) is 69.1 Å². The molecule has 0 spiro atoms. The van der Waals surface area contributed by atoms with E-state index in [-0.39, 0.29) is 0 Å². The highest BCUT2D eigenvalue weighted by Gasteiger charge is 2.48. The molecule has 98 valence electrons. The van der Waals surface area contributed by atoms with Crippen molar-refractivity contribution >= 4 is 0 Å². The molecule has 0 aliphatic carbocycles. The van der Waals surface area contributed by atoms with Crippen LogP contribution in [0.1, 0.15) is 45.4 Å². The number of nitrogens with zero attached hydrogens (tertiary/aromatic N) is 1. The van der Waals surface area contributed by atoms with Crippen molar-refractivity contribution in [1.82, 2.24) is 10.2 Å². The SMILES string of the molecule is CNC1CC2CCC(C1)N2C1(C)CCOCC1. The third kappa shape index (κ3) is 2.02. The van der Waals surface area contributed by atoms with Gasteiger partial charge in [0.05, 0.1) is 0 Å². The Morgan fingerprint density at radius 1 is 1.12 bits per heavy atom. The number of ether oxygens (including phenoxy) is 1. The third-order valence-corrected chi connectivity index (χ3v) is 5.33. The topological polar surface area (TPSA) is 24.5 Å². The van der Waals surface area contributed by atoms with E-state index in [2.05, 4.69) is 24.2 Å².